The van der Waals surface area contributed by atoms with Crippen LogP contribution in [0.15, 0.2) is 5.11 Å². The van der Waals surface area contributed by atoms with Crippen molar-refractivity contribution in [2.75, 3.05) is 26.2 Å². The van der Waals surface area contributed by atoms with Gasteiger partial charge in [0, 0.05) is 24.5 Å². The lowest BCUT2D eigenvalue weighted by Gasteiger charge is -2.25. The molecule has 0 amide bonds. The first-order valence-corrected chi connectivity index (χ1v) is 3.98. The van der Waals surface area contributed by atoms with Gasteiger partial charge in [-0.15, -0.1) is 0 Å². The monoisotopic (exact) mass is 153 g/mol. The van der Waals surface area contributed by atoms with Crippen molar-refractivity contribution in [3.8, 4) is 0 Å². The average Bonchev–Trinajstić information content (AvgIpc) is 2.07. The number of nitrogens with zero attached hydrogens (tertiary/aromatic N) is 4. The summed E-state index contributed by atoms with van der Waals surface area (Å²) in [5.74, 6) is 0. The van der Waals surface area contributed by atoms with Crippen LogP contribution >= 0.6 is 0 Å². The van der Waals surface area contributed by atoms with Crippen LogP contribution in [0, 0.1) is 6.42 Å². The maximum absolute atomic E-state index is 8.03. The summed E-state index contributed by atoms with van der Waals surface area (Å²) in [7, 11) is 0. The Kier molecular flexibility index (Phi) is 3.80. The summed E-state index contributed by atoms with van der Waals surface area (Å²) >= 11 is 0. The summed E-state index contributed by atoms with van der Waals surface area (Å²) in [4.78, 5) is 5.01. The van der Waals surface area contributed by atoms with E-state index in [9.17, 15) is 0 Å². The summed E-state index contributed by atoms with van der Waals surface area (Å²) in [6.07, 6.45) is 4.76. The van der Waals surface area contributed by atoms with E-state index < -0.39 is 0 Å². The predicted octanol–water partition coefficient (Wildman–Crippen LogP) is 1.60. The van der Waals surface area contributed by atoms with E-state index in [4.69, 9.17) is 5.53 Å². The smallest absolute Gasteiger partial charge is 0.0385 e. The quantitative estimate of drug-likeness (QED) is 0.345. The second kappa shape index (κ2) is 4.99. The molecular weight excluding hydrogens is 140 g/mol. The molecule has 1 radical (unpaired) electrons. The molecule has 11 heavy (non-hydrogen) atoms. The van der Waals surface area contributed by atoms with Crippen LogP contribution in [0.3, 0.4) is 0 Å². The van der Waals surface area contributed by atoms with Gasteiger partial charge in [-0.1, -0.05) is 5.11 Å². The third-order valence-corrected chi connectivity index (χ3v) is 1.85. The molecule has 1 aliphatic heterocycles. The Morgan fingerprint density at radius 1 is 1.64 bits per heavy atom. The Hall–Kier alpha value is -0.730. The molecule has 0 spiro atoms. The number of hydrogen-bond acceptors (Lipinski definition) is 2. The van der Waals surface area contributed by atoms with Gasteiger partial charge in [0.05, 0.1) is 0 Å². The minimum atomic E-state index is 0.602. The number of azide groups is 1. The molecule has 0 unspecified atom stereocenters. The summed E-state index contributed by atoms with van der Waals surface area (Å²) < 4.78 is 0. The van der Waals surface area contributed by atoms with Gasteiger partial charge in [0.1, 0.15) is 0 Å². The molecule has 4 heteroatoms. The number of rotatable bonds is 3. The minimum Gasteiger partial charge on any atom is -0.303 e. The Balaban J connectivity index is 2.09. The highest BCUT2D eigenvalue weighted by molar-refractivity contribution is 4.77. The molecule has 0 aromatic carbocycles. The number of hydrogen-bond donors (Lipinski definition) is 0. The molecule has 1 rings (SSSR count). The molecule has 0 aromatic rings. The van der Waals surface area contributed by atoms with Crippen molar-refractivity contribution in [1.82, 2.24) is 4.90 Å². The van der Waals surface area contributed by atoms with Gasteiger partial charge < -0.3 is 4.90 Å². The highest BCUT2D eigenvalue weighted by Gasteiger charge is 2.08. The van der Waals surface area contributed by atoms with Crippen molar-refractivity contribution in [3.05, 3.63) is 16.9 Å². The molecule has 1 aliphatic rings. The lowest BCUT2D eigenvalue weighted by molar-refractivity contribution is 0.270. The standard InChI is InChI=1S/C7H13N4/c8-10-9-4-7-11-5-2-1-3-6-11/h2H,1,3-7H2. The van der Waals surface area contributed by atoms with Crippen molar-refractivity contribution >= 4 is 0 Å². The van der Waals surface area contributed by atoms with Gasteiger partial charge in [-0.05, 0) is 31.3 Å². The third kappa shape index (κ3) is 3.25. The van der Waals surface area contributed by atoms with Gasteiger partial charge in [-0.2, -0.15) is 0 Å². The van der Waals surface area contributed by atoms with Crippen molar-refractivity contribution in [2.45, 2.75) is 12.8 Å². The Morgan fingerprint density at radius 3 is 3.18 bits per heavy atom. The lowest BCUT2D eigenvalue weighted by Crippen LogP contribution is -2.32. The molecule has 1 heterocycles. The van der Waals surface area contributed by atoms with Crippen LogP contribution < -0.4 is 0 Å². The SMILES string of the molecule is [N-]=[N+]=NCCN1C[CH]CCC1. The highest BCUT2D eigenvalue weighted by atomic mass is 15.2. The van der Waals surface area contributed by atoms with E-state index in [1.54, 1.807) is 0 Å². The highest BCUT2D eigenvalue weighted by Crippen LogP contribution is 2.06. The van der Waals surface area contributed by atoms with Gasteiger partial charge in [0.15, 0.2) is 0 Å². The van der Waals surface area contributed by atoms with E-state index in [-0.39, 0.29) is 0 Å². The average molecular weight is 153 g/mol. The molecule has 0 bridgehead atoms. The fourth-order valence-corrected chi connectivity index (χ4v) is 1.26. The van der Waals surface area contributed by atoms with Crippen LogP contribution in [0.25, 0.3) is 10.4 Å². The molecule has 0 atom stereocenters. The van der Waals surface area contributed by atoms with Crippen molar-refractivity contribution < 1.29 is 0 Å². The van der Waals surface area contributed by atoms with Gasteiger partial charge in [0.2, 0.25) is 0 Å². The van der Waals surface area contributed by atoms with Gasteiger partial charge in [0.25, 0.3) is 0 Å². The molecule has 0 aliphatic carbocycles. The Labute approximate surface area is 66.8 Å². The van der Waals surface area contributed by atoms with Crippen LogP contribution in [-0.2, 0) is 0 Å². The van der Waals surface area contributed by atoms with E-state index in [0.717, 1.165) is 19.6 Å². The summed E-state index contributed by atoms with van der Waals surface area (Å²) in [5, 5.41) is 3.49. The fourth-order valence-electron chi connectivity index (χ4n) is 1.26. The topological polar surface area (TPSA) is 52.0 Å². The molecule has 4 nitrogen and oxygen atoms in total. The lowest BCUT2D eigenvalue weighted by atomic mass is 10.1. The molecule has 1 saturated heterocycles. The van der Waals surface area contributed by atoms with Gasteiger partial charge in [-0.25, -0.2) is 0 Å². The molecule has 0 N–H and O–H groups in total. The van der Waals surface area contributed by atoms with E-state index >= 15 is 0 Å². The van der Waals surface area contributed by atoms with Crippen LogP contribution in [0.2, 0.25) is 0 Å². The van der Waals surface area contributed by atoms with Crippen molar-refractivity contribution in [1.29, 1.82) is 0 Å². The fraction of sp³-hybridized carbons (Fsp3) is 0.857. The van der Waals surface area contributed by atoms with Crippen LogP contribution in [0.5, 0.6) is 0 Å². The number of piperidine rings is 1. The zero-order valence-electron chi connectivity index (χ0n) is 6.61. The zero-order chi connectivity index (χ0) is 7.94. The zero-order valence-corrected chi connectivity index (χ0v) is 6.61. The predicted molar refractivity (Wildman–Crippen MR) is 44.0 cm³/mol. The first-order chi connectivity index (χ1) is 5.43. The molecule has 0 aromatic heterocycles. The molecule has 0 saturated carbocycles. The van der Waals surface area contributed by atoms with Crippen LogP contribution in [0.4, 0.5) is 0 Å². The van der Waals surface area contributed by atoms with Crippen molar-refractivity contribution in [2.24, 2.45) is 5.11 Å². The summed E-state index contributed by atoms with van der Waals surface area (Å²) in [5.41, 5.74) is 8.03. The molecular formula is C7H13N4. The molecule has 1 fully saturated rings. The first kappa shape index (κ1) is 8.37. The Morgan fingerprint density at radius 2 is 2.55 bits per heavy atom. The second-order valence-corrected chi connectivity index (χ2v) is 2.69. The second-order valence-electron chi connectivity index (χ2n) is 2.69. The maximum atomic E-state index is 8.03. The minimum absolute atomic E-state index is 0.602. The van der Waals surface area contributed by atoms with Crippen LogP contribution in [0.1, 0.15) is 12.8 Å². The maximum Gasteiger partial charge on any atom is 0.0385 e. The number of likely N-dealkylation sites (tertiary alicyclic amines) is 1. The summed E-state index contributed by atoms with van der Waals surface area (Å²) in [6, 6.07) is 0. The Bertz CT molecular complexity index is 145. The van der Waals surface area contributed by atoms with Crippen molar-refractivity contribution in [3.63, 3.8) is 0 Å². The van der Waals surface area contributed by atoms with E-state index in [0.29, 0.717) is 6.54 Å². The van der Waals surface area contributed by atoms with Crippen LogP contribution in [-0.4, -0.2) is 31.1 Å². The normalized spacial score (nSPS) is 19.3. The largest absolute Gasteiger partial charge is 0.303 e. The first-order valence-electron chi connectivity index (χ1n) is 3.98. The van der Waals surface area contributed by atoms with E-state index in [1.807, 2.05) is 0 Å². The summed E-state index contributed by atoms with van der Waals surface area (Å²) in [6.45, 7) is 3.71. The van der Waals surface area contributed by atoms with E-state index in [2.05, 4.69) is 21.3 Å². The third-order valence-electron chi connectivity index (χ3n) is 1.85. The van der Waals surface area contributed by atoms with Gasteiger partial charge in [-0.3, -0.25) is 0 Å². The molecule has 61 valence electrons. The van der Waals surface area contributed by atoms with E-state index in [1.165, 1.54) is 12.8 Å². The van der Waals surface area contributed by atoms with Gasteiger partial charge >= 0.3 is 0 Å².